The highest BCUT2D eigenvalue weighted by molar-refractivity contribution is 5.63. The SMILES string of the molecule is CCCc1cc(-c2ccc(C(C)(C)C)[nH]2)ccc1OCCCOc1ccc2c(c1)CCC2CC. The van der Waals surface area contributed by atoms with Crippen molar-refractivity contribution in [2.45, 2.75) is 84.5 Å². The summed E-state index contributed by atoms with van der Waals surface area (Å²) in [6, 6.07) is 17.6. The fraction of sp³-hybridized carbons (Fsp3) is 0.484. The van der Waals surface area contributed by atoms with Gasteiger partial charge in [0.2, 0.25) is 0 Å². The fourth-order valence-corrected chi connectivity index (χ4v) is 4.98. The molecule has 3 aromatic rings. The summed E-state index contributed by atoms with van der Waals surface area (Å²) in [5.41, 5.74) is 8.04. The van der Waals surface area contributed by atoms with Gasteiger partial charge in [-0.1, -0.05) is 47.1 Å². The number of aromatic amines is 1. The van der Waals surface area contributed by atoms with Gasteiger partial charge in [0.25, 0.3) is 0 Å². The second-order valence-electron chi connectivity index (χ2n) is 10.7. The van der Waals surface area contributed by atoms with Crippen LogP contribution >= 0.6 is 0 Å². The van der Waals surface area contributed by atoms with Crippen molar-refractivity contribution in [1.29, 1.82) is 0 Å². The molecule has 0 spiro atoms. The summed E-state index contributed by atoms with van der Waals surface area (Å²) >= 11 is 0. The standard InChI is InChI=1S/C31H41NO2/c1-6-9-25-20-24(28-15-17-30(32-28)31(3,4)5)12-16-29(25)34-19-8-18-33-26-13-14-27-22(7-2)10-11-23(27)21-26/h12-17,20-22,32H,6-11,18-19H2,1-5H3. The van der Waals surface area contributed by atoms with Crippen LogP contribution in [-0.2, 0) is 18.3 Å². The number of benzene rings is 2. The van der Waals surface area contributed by atoms with Gasteiger partial charge in [0.1, 0.15) is 11.5 Å². The van der Waals surface area contributed by atoms with Gasteiger partial charge in [0, 0.05) is 23.2 Å². The molecule has 1 aliphatic rings. The fourth-order valence-electron chi connectivity index (χ4n) is 4.98. The van der Waals surface area contributed by atoms with Crippen LogP contribution in [0.4, 0.5) is 0 Å². The quantitative estimate of drug-likeness (QED) is 0.310. The zero-order valence-corrected chi connectivity index (χ0v) is 21.7. The molecule has 0 amide bonds. The molecule has 3 heteroatoms. The highest BCUT2D eigenvalue weighted by Crippen LogP contribution is 2.37. The molecule has 0 fully saturated rings. The van der Waals surface area contributed by atoms with Crippen LogP contribution in [0.1, 0.15) is 88.6 Å². The Hall–Kier alpha value is -2.68. The molecule has 0 saturated carbocycles. The molecule has 0 saturated heterocycles. The lowest BCUT2D eigenvalue weighted by Gasteiger charge is -2.16. The van der Waals surface area contributed by atoms with E-state index in [1.165, 1.54) is 52.9 Å². The smallest absolute Gasteiger partial charge is 0.122 e. The molecule has 0 radical (unpaired) electrons. The maximum Gasteiger partial charge on any atom is 0.122 e. The Labute approximate surface area is 205 Å². The van der Waals surface area contributed by atoms with Crippen LogP contribution in [0.5, 0.6) is 11.5 Å². The number of ether oxygens (including phenoxy) is 2. The second-order valence-corrected chi connectivity index (χ2v) is 10.7. The predicted molar refractivity (Wildman–Crippen MR) is 142 cm³/mol. The second kappa shape index (κ2) is 10.7. The molecule has 34 heavy (non-hydrogen) atoms. The molecule has 1 N–H and O–H groups in total. The van der Waals surface area contributed by atoms with Gasteiger partial charge < -0.3 is 14.5 Å². The van der Waals surface area contributed by atoms with Crippen LogP contribution in [-0.4, -0.2) is 18.2 Å². The molecule has 1 unspecified atom stereocenters. The monoisotopic (exact) mass is 459 g/mol. The first-order valence-electron chi connectivity index (χ1n) is 13.1. The topological polar surface area (TPSA) is 34.2 Å². The number of nitrogens with one attached hydrogen (secondary N) is 1. The van der Waals surface area contributed by atoms with E-state index in [1.54, 1.807) is 0 Å². The summed E-state index contributed by atoms with van der Waals surface area (Å²) < 4.78 is 12.2. The molecule has 0 aliphatic heterocycles. The van der Waals surface area contributed by atoms with E-state index in [0.29, 0.717) is 13.2 Å². The largest absolute Gasteiger partial charge is 0.493 e. The first kappa shape index (κ1) is 24.4. The third kappa shape index (κ3) is 5.68. The summed E-state index contributed by atoms with van der Waals surface area (Å²) in [6.45, 7) is 12.5. The Morgan fingerprint density at radius 1 is 0.941 bits per heavy atom. The zero-order chi connectivity index (χ0) is 24.1. The number of hydrogen-bond acceptors (Lipinski definition) is 2. The molecule has 3 nitrogen and oxygen atoms in total. The molecule has 1 heterocycles. The minimum atomic E-state index is 0.118. The van der Waals surface area contributed by atoms with Crippen molar-refractivity contribution in [3.05, 3.63) is 70.9 Å². The lowest BCUT2D eigenvalue weighted by atomic mass is 9.93. The molecular weight excluding hydrogens is 418 g/mol. The molecule has 1 atom stereocenters. The normalized spacial score (nSPS) is 15.4. The van der Waals surface area contributed by atoms with Crippen molar-refractivity contribution in [1.82, 2.24) is 4.98 Å². The van der Waals surface area contributed by atoms with Crippen molar-refractivity contribution in [3.8, 4) is 22.8 Å². The first-order chi connectivity index (χ1) is 16.4. The van der Waals surface area contributed by atoms with E-state index in [4.69, 9.17) is 9.47 Å². The van der Waals surface area contributed by atoms with Gasteiger partial charge >= 0.3 is 0 Å². The van der Waals surface area contributed by atoms with Crippen LogP contribution in [0.2, 0.25) is 0 Å². The molecule has 182 valence electrons. The molecule has 1 aromatic heterocycles. The van der Waals surface area contributed by atoms with Gasteiger partial charge in [-0.15, -0.1) is 0 Å². The van der Waals surface area contributed by atoms with Crippen LogP contribution in [0.25, 0.3) is 11.3 Å². The highest BCUT2D eigenvalue weighted by Gasteiger charge is 2.21. The molecule has 4 rings (SSSR count). The van der Waals surface area contributed by atoms with Crippen LogP contribution in [0, 0.1) is 0 Å². The molecule has 2 aromatic carbocycles. The van der Waals surface area contributed by atoms with Gasteiger partial charge in [-0.3, -0.25) is 0 Å². The third-order valence-corrected chi connectivity index (χ3v) is 7.01. The average molecular weight is 460 g/mol. The minimum absolute atomic E-state index is 0.118. The maximum atomic E-state index is 6.19. The first-order valence-corrected chi connectivity index (χ1v) is 13.1. The van der Waals surface area contributed by atoms with E-state index in [2.05, 4.69) is 88.1 Å². The molecular formula is C31H41NO2. The van der Waals surface area contributed by atoms with E-state index in [0.717, 1.165) is 36.7 Å². The number of rotatable bonds is 10. The minimum Gasteiger partial charge on any atom is -0.493 e. The third-order valence-electron chi connectivity index (χ3n) is 7.01. The van der Waals surface area contributed by atoms with Gasteiger partial charge in [0.15, 0.2) is 0 Å². The average Bonchev–Trinajstić information content (AvgIpc) is 3.47. The van der Waals surface area contributed by atoms with Crippen molar-refractivity contribution >= 4 is 0 Å². The van der Waals surface area contributed by atoms with Gasteiger partial charge in [-0.2, -0.15) is 0 Å². The van der Waals surface area contributed by atoms with Crippen LogP contribution < -0.4 is 9.47 Å². The Morgan fingerprint density at radius 2 is 1.76 bits per heavy atom. The number of H-pyrrole nitrogens is 1. The van der Waals surface area contributed by atoms with E-state index in [9.17, 15) is 0 Å². The molecule has 0 bridgehead atoms. The lowest BCUT2D eigenvalue weighted by Crippen LogP contribution is -2.11. The summed E-state index contributed by atoms with van der Waals surface area (Å²) in [5.74, 6) is 2.72. The van der Waals surface area contributed by atoms with Crippen LogP contribution in [0.3, 0.4) is 0 Å². The number of hydrogen-bond donors (Lipinski definition) is 1. The number of aromatic nitrogens is 1. The highest BCUT2D eigenvalue weighted by atomic mass is 16.5. The maximum absolute atomic E-state index is 6.19. The van der Waals surface area contributed by atoms with Crippen molar-refractivity contribution < 1.29 is 9.47 Å². The van der Waals surface area contributed by atoms with Gasteiger partial charge in [-0.25, -0.2) is 0 Å². The Balaban J connectivity index is 1.32. The Kier molecular flexibility index (Phi) is 7.70. The summed E-state index contributed by atoms with van der Waals surface area (Å²) in [5, 5.41) is 0. The number of aryl methyl sites for hydroxylation is 2. The van der Waals surface area contributed by atoms with Crippen molar-refractivity contribution in [2.75, 3.05) is 13.2 Å². The number of fused-ring (bicyclic) bond motifs is 1. The summed E-state index contributed by atoms with van der Waals surface area (Å²) in [4.78, 5) is 3.60. The van der Waals surface area contributed by atoms with Gasteiger partial charge in [-0.05, 0) is 96.3 Å². The summed E-state index contributed by atoms with van der Waals surface area (Å²) in [7, 11) is 0. The molecule has 1 aliphatic carbocycles. The van der Waals surface area contributed by atoms with Gasteiger partial charge in [0.05, 0.1) is 13.2 Å². The van der Waals surface area contributed by atoms with Crippen molar-refractivity contribution in [2.24, 2.45) is 0 Å². The summed E-state index contributed by atoms with van der Waals surface area (Å²) in [6.07, 6.45) is 6.68. The van der Waals surface area contributed by atoms with Crippen LogP contribution in [0.15, 0.2) is 48.5 Å². The Bertz CT molecular complexity index is 1090. The van der Waals surface area contributed by atoms with E-state index < -0.39 is 0 Å². The van der Waals surface area contributed by atoms with Crippen molar-refractivity contribution in [3.63, 3.8) is 0 Å². The van der Waals surface area contributed by atoms with E-state index in [1.807, 2.05) is 0 Å². The van der Waals surface area contributed by atoms with E-state index in [-0.39, 0.29) is 5.41 Å². The zero-order valence-electron chi connectivity index (χ0n) is 21.7. The Morgan fingerprint density at radius 3 is 2.50 bits per heavy atom. The predicted octanol–water partition coefficient (Wildman–Crippen LogP) is 8.22. The van der Waals surface area contributed by atoms with E-state index >= 15 is 0 Å². The lowest BCUT2D eigenvalue weighted by molar-refractivity contribution is 0.246.